The lowest BCUT2D eigenvalue weighted by atomic mass is 10.0. The van der Waals surface area contributed by atoms with E-state index in [1.165, 1.54) is 0 Å². The van der Waals surface area contributed by atoms with E-state index in [0.29, 0.717) is 29.5 Å². The summed E-state index contributed by atoms with van der Waals surface area (Å²) in [5.41, 5.74) is 3.50. The van der Waals surface area contributed by atoms with Crippen LogP contribution in [0.4, 0.5) is 5.69 Å². The Balaban J connectivity index is 0.00000208. The van der Waals surface area contributed by atoms with Gasteiger partial charge in [0.25, 0.3) is 0 Å². The molecule has 0 aliphatic carbocycles. The summed E-state index contributed by atoms with van der Waals surface area (Å²) in [4.78, 5) is 16.4. The first-order chi connectivity index (χ1) is 10.9. The van der Waals surface area contributed by atoms with Crippen molar-refractivity contribution in [1.29, 1.82) is 0 Å². The Hall–Kier alpha value is -1.43. The molecule has 7 heteroatoms. The third-order valence-corrected chi connectivity index (χ3v) is 4.54. The number of esters is 1. The number of rotatable bonds is 3. The predicted molar refractivity (Wildman–Crippen MR) is 98.8 cm³/mol. The standard InChI is InChI=1S/C17H21ClN2O3.ClH/c1-5-22-17(21)15-11-9-20(4)7-6-10-12(18)8-13(19(2)3)16(23-15)14(10)11;/h8H,5-7,9H2,1-4H3;1H. The fourth-order valence-corrected chi connectivity index (χ4v) is 3.39. The van der Waals surface area contributed by atoms with Crippen molar-refractivity contribution in [3.63, 3.8) is 0 Å². The van der Waals surface area contributed by atoms with E-state index >= 15 is 0 Å². The Morgan fingerprint density at radius 2 is 2.12 bits per heavy atom. The molecule has 0 radical (unpaired) electrons. The molecule has 0 saturated carbocycles. The van der Waals surface area contributed by atoms with Crippen LogP contribution in [0.3, 0.4) is 0 Å². The molecule has 1 aliphatic heterocycles. The summed E-state index contributed by atoms with van der Waals surface area (Å²) in [6.45, 7) is 3.63. The molecule has 132 valence electrons. The first-order valence-electron chi connectivity index (χ1n) is 7.73. The smallest absolute Gasteiger partial charge is 0.374 e. The molecule has 0 amide bonds. The number of furan rings is 1. The molecular formula is C17H22Cl2N2O3. The minimum atomic E-state index is -0.416. The topological polar surface area (TPSA) is 45.9 Å². The molecule has 1 aromatic carbocycles. The molecule has 0 N–H and O–H groups in total. The first kappa shape index (κ1) is 18.9. The molecule has 1 aromatic heterocycles. The van der Waals surface area contributed by atoms with Crippen LogP contribution in [0.1, 0.15) is 28.6 Å². The summed E-state index contributed by atoms with van der Waals surface area (Å²) in [5, 5.41) is 1.68. The maximum Gasteiger partial charge on any atom is 0.374 e. The second kappa shape index (κ2) is 7.21. The van der Waals surface area contributed by atoms with Gasteiger partial charge in [0, 0.05) is 43.2 Å². The SMILES string of the molecule is CCOC(=O)c1oc2c(N(C)C)cc(Cl)c3c2c1CN(C)CC3.Cl. The molecule has 3 rings (SSSR count). The maximum atomic E-state index is 12.3. The molecule has 1 aliphatic rings. The fourth-order valence-electron chi connectivity index (χ4n) is 3.10. The largest absolute Gasteiger partial charge is 0.460 e. The summed E-state index contributed by atoms with van der Waals surface area (Å²) in [6.07, 6.45) is 0.828. The van der Waals surface area contributed by atoms with Gasteiger partial charge in [-0.25, -0.2) is 4.79 Å². The van der Waals surface area contributed by atoms with Crippen LogP contribution >= 0.6 is 24.0 Å². The van der Waals surface area contributed by atoms with Gasteiger partial charge in [0.2, 0.25) is 5.76 Å². The lowest BCUT2D eigenvalue weighted by Crippen LogP contribution is -2.20. The maximum absolute atomic E-state index is 12.3. The van der Waals surface area contributed by atoms with E-state index < -0.39 is 5.97 Å². The number of hydrogen-bond acceptors (Lipinski definition) is 5. The molecular weight excluding hydrogens is 351 g/mol. The molecule has 0 bridgehead atoms. The highest BCUT2D eigenvalue weighted by molar-refractivity contribution is 6.33. The second-order valence-electron chi connectivity index (χ2n) is 6.07. The predicted octanol–water partition coefficient (Wildman–Crippen LogP) is 3.74. The Labute approximate surface area is 152 Å². The van der Waals surface area contributed by atoms with Gasteiger partial charge in [-0.05, 0) is 32.0 Å². The highest BCUT2D eigenvalue weighted by atomic mass is 35.5. The molecule has 0 fully saturated rings. The zero-order chi connectivity index (χ0) is 16.7. The third-order valence-electron chi connectivity index (χ3n) is 4.21. The number of carbonyl (C=O) groups excluding carboxylic acids is 1. The van der Waals surface area contributed by atoms with Crippen molar-refractivity contribution in [1.82, 2.24) is 4.90 Å². The summed E-state index contributed by atoms with van der Waals surface area (Å²) in [7, 11) is 5.89. The van der Waals surface area contributed by atoms with Crippen LogP contribution in [0, 0.1) is 0 Å². The van der Waals surface area contributed by atoms with Crippen molar-refractivity contribution < 1.29 is 13.9 Å². The van der Waals surface area contributed by atoms with Gasteiger partial charge >= 0.3 is 5.97 Å². The quantitative estimate of drug-likeness (QED) is 0.767. The molecule has 0 saturated heterocycles. The van der Waals surface area contributed by atoms with Crippen LogP contribution in [0.5, 0.6) is 0 Å². The number of halogens is 2. The molecule has 0 unspecified atom stereocenters. The lowest BCUT2D eigenvalue weighted by molar-refractivity contribution is 0.0490. The van der Waals surface area contributed by atoms with Crippen molar-refractivity contribution in [3.8, 4) is 0 Å². The van der Waals surface area contributed by atoms with Crippen LogP contribution in [0.15, 0.2) is 10.5 Å². The Kier molecular flexibility index (Phi) is 5.68. The normalized spacial score (nSPS) is 14.2. The van der Waals surface area contributed by atoms with Gasteiger partial charge in [-0.3, -0.25) is 0 Å². The van der Waals surface area contributed by atoms with Crippen LogP contribution in [0.25, 0.3) is 11.0 Å². The molecule has 2 heterocycles. The first-order valence-corrected chi connectivity index (χ1v) is 8.11. The minimum Gasteiger partial charge on any atom is -0.460 e. The minimum absolute atomic E-state index is 0. The van der Waals surface area contributed by atoms with Gasteiger partial charge in [-0.1, -0.05) is 11.6 Å². The number of likely N-dealkylation sites (N-methyl/N-ethyl adjacent to an activating group) is 1. The van der Waals surface area contributed by atoms with Crippen molar-refractivity contribution in [3.05, 3.63) is 28.0 Å². The summed E-state index contributed by atoms with van der Waals surface area (Å²) in [6, 6.07) is 1.91. The van der Waals surface area contributed by atoms with Gasteiger partial charge < -0.3 is 19.0 Å². The zero-order valence-electron chi connectivity index (χ0n) is 14.3. The number of ether oxygens (including phenoxy) is 1. The van der Waals surface area contributed by atoms with Crippen LogP contribution in [-0.4, -0.2) is 45.2 Å². The van der Waals surface area contributed by atoms with Crippen LogP contribution < -0.4 is 4.90 Å². The molecule has 2 aromatic rings. The van der Waals surface area contributed by atoms with E-state index in [2.05, 4.69) is 4.90 Å². The Morgan fingerprint density at radius 1 is 1.42 bits per heavy atom. The number of benzene rings is 1. The third kappa shape index (κ3) is 3.08. The molecule has 0 spiro atoms. The van der Waals surface area contributed by atoms with E-state index in [0.717, 1.165) is 35.2 Å². The summed E-state index contributed by atoms with van der Waals surface area (Å²) < 4.78 is 11.1. The van der Waals surface area contributed by atoms with Crippen LogP contribution in [0.2, 0.25) is 5.02 Å². The van der Waals surface area contributed by atoms with Crippen molar-refractivity contribution >= 4 is 46.6 Å². The van der Waals surface area contributed by atoms with Crippen molar-refractivity contribution in [2.75, 3.05) is 39.2 Å². The van der Waals surface area contributed by atoms with E-state index in [1.54, 1.807) is 6.92 Å². The average molecular weight is 373 g/mol. The van der Waals surface area contributed by atoms with Crippen molar-refractivity contribution in [2.45, 2.75) is 19.9 Å². The van der Waals surface area contributed by atoms with Gasteiger partial charge in [0.1, 0.15) is 0 Å². The van der Waals surface area contributed by atoms with E-state index in [4.69, 9.17) is 20.8 Å². The number of hydrogen-bond donors (Lipinski definition) is 0. The van der Waals surface area contributed by atoms with E-state index in [9.17, 15) is 4.79 Å². The molecule has 24 heavy (non-hydrogen) atoms. The fraction of sp³-hybridized carbons (Fsp3) is 0.471. The van der Waals surface area contributed by atoms with Gasteiger partial charge in [0.05, 0.1) is 12.3 Å². The Morgan fingerprint density at radius 3 is 2.75 bits per heavy atom. The van der Waals surface area contributed by atoms with Gasteiger partial charge in [0.15, 0.2) is 5.58 Å². The molecule has 0 atom stereocenters. The average Bonchev–Trinajstić information content (AvgIpc) is 2.75. The number of carbonyl (C=O) groups is 1. The Bertz CT molecular complexity index is 771. The van der Waals surface area contributed by atoms with E-state index in [-0.39, 0.29) is 12.4 Å². The monoisotopic (exact) mass is 372 g/mol. The highest BCUT2D eigenvalue weighted by Gasteiger charge is 2.29. The molecule has 5 nitrogen and oxygen atoms in total. The van der Waals surface area contributed by atoms with Gasteiger partial charge in [-0.2, -0.15) is 0 Å². The van der Waals surface area contributed by atoms with Gasteiger partial charge in [-0.15, -0.1) is 12.4 Å². The highest BCUT2D eigenvalue weighted by Crippen LogP contribution is 2.41. The lowest BCUT2D eigenvalue weighted by Gasteiger charge is -2.16. The van der Waals surface area contributed by atoms with E-state index in [1.807, 2.05) is 32.1 Å². The number of anilines is 1. The zero-order valence-corrected chi connectivity index (χ0v) is 15.9. The second-order valence-corrected chi connectivity index (χ2v) is 6.48. The van der Waals surface area contributed by atoms with Crippen molar-refractivity contribution in [2.24, 2.45) is 0 Å². The summed E-state index contributed by atoms with van der Waals surface area (Å²) >= 11 is 6.53. The summed E-state index contributed by atoms with van der Waals surface area (Å²) in [5.74, 6) is -0.122. The number of nitrogens with zero attached hydrogens (tertiary/aromatic N) is 2. The van der Waals surface area contributed by atoms with Crippen LogP contribution in [-0.2, 0) is 17.7 Å².